The van der Waals surface area contributed by atoms with Crippen LogP contribution in [-0.4, -0.2) is 35.6 Å². The Labute approximate surface area is 115 Å². The minimum absolute atomic E-state index is 0.673. The molecule has 1 saturated heterocycles. The van der Waals surface area contributed by atoms with E-state index in [0.29, 0.717) is 12.0 Å². The van der Waals surface area contributed by atoms with Crippen LogP contribution in [0.3, 0.4) is 0 Å². The van der Waals surface area contributed by atoms with Gasteiger partial charge in [0.15, 0.2) is 0 Å². The molecule has 0 bridgehead atoms. The standard InChI is InChI=1S/C14H25N3S/c1-11(2)14(17-6-4-5-7-17)9-15-8-13-10-18-12(3)16-13/h10-11,14-15H,4-9H2,1-3H3. The number of aryl methyl sites for hydroxylation is 1. The van der Waals surface area contributed by atoms with E-state index in [1.807, 2.05) is 0 Å². The Morgan fingerprint density at radius 1 is 1.39 bits per heavy atom. The number of aromatic nitrogens is 1. The number of rotatable bonds is 6. The van der Waals surface area contributed by atoms with E-state index in [-0.39, 0.29) is 0 Å². The van der Waals surface area contributed by atoms with E-state index in [9.17, 15) is 0 Å². The molecule has 0 saturated carbocycles. The molecule has 2 heterocycles. The Bertz CT molecular complexity index is 356. The molecule has 1 fully saturated rings. The van der Waals surface area contributed by atoms with Crippen LogP contribution in [0.1, 0.15) is 37.4 Å². The average molecular weight is 267 g/mol. The lowest BCUT2D eigenvalue weighted by Crippen LogP contribution is -2.44. The molecule has 0 amide bonds. The maximum atomic E-state index is 4.49. The lowest BCUT2D eigenvalue weighted by atomic mass is 10.0. The van der Waals surface area contributed by atoms with Crippen LogP contribution in [0.2, 0.25) is 0 Å². The normalized spacial score (nSPS) is 18.7. The topological polar surface area (TPSA) is 28.2 Å². The predicted octanol–water partition coefficient (Wildman–Crippen LogP) is 2.66. The van der Waals surface area contributed by atoms with Crippen LogP contribution >= 0.6 is 11.3 Å². The Morgan fingerprint density at radius 3 is 2.67 bits per heavy atom. The van der Waals surface area contributed by atoms with Gasteiger partial charge in [-0.3, -0.25) is 4.90 Å². The van der Waals surface area contributed by atoms with Crippen LogP contribution in [0.25, 0.3) is 0 Å². The van der Waals surface area contributed by atoms with Crippen molar-refractivity contribution in [3.8, 4) is 0 Å². The van der Waals surface area contributed by atoms with E-state index < -0.39 is 0 Å². The summed E-state index contributed by atoms with van der Waals surface area (Å²) in [6, 6.07) is 0.673. The minimum atomic E-state index is 0.673. The minimum Gasteiger partial charge on any atom is -0.310 e. The maximum absolute atomic E-state index is 4.49. The smallest absolute Gasteiger partial charge is 0.0897 e. The van der Waals surface area contributed by atoms with Gasteiger partial charge in [0.2, 0.25) is 0 Å². The highest BCUT2D eigenvalue weighted by atomic mass is 32.1. The molecule has 1 atom stereocenters. The molecule has 2 rings (SSSR count). The van der Waals surface area contributed by atoms with Crippen molar-refractivity contribution >= 4 is 11.3 Å². The number of hydrogen-bond acceptors (Lipinski definition) is 4. The molecule has 1 aliphatic heterocycles. The van der Waals surface area contributed by atoms with Gasteiger partial charge in [0, 0.05) is 24.5 Å². The van der Waals surface area contributed by atoms with Crippen molar-refractivity contribution in [3.63, 3.8) is 0 Å². The van der Waals surface area contributed by atoms with E-state index >= 15 is 0 Å². The SMILES string of the molecule is Cc1nc(CNCC(C(C)C)N2CCCC2)cs1. The third-order valence-corrected chi connectivity index (χ3v) is 4.53. The second kappa shape index (κ2) is 6.64. The summed E-state index contributed by atoms with van der Waals surface area (Å²) in [6.07, 6.45) is 2.74. The summed E-state index contributed by atoms with van der Waals surface area (Å²) in [5.41, 5.74) is 1.18. The van der Waals surface area contributed by atoms with Crippen molar-refractivity contribution in [3.05, 3.63) is 16.1 Å². The fourth-order valence-electron chi connectivity index (χ4n) is 2.70. The molecule has 1 N–H and O–H groups in total. The highest BCUT2D eigenvalue weighted by Crippen LogP contribution is 2.17. The molecular formula is C14H25N3S. The van der Waals surface area contributed by atoms with Gasteiger partial charge >= 0.3 is 0 Å². The summed E-state index contributed by atoms with van der Waals surface area (Å²) in [5.74, 6) is 0.716. The number of nitrogens with zero attached hydrogens (tertiary/aromatic N) is 2. The highest BCUT2D eigenvalue weighted by molar-refractivity contribution is 7.09. The summed E-state index contributed by atoms with van der Waals surface area (Å²) < 4.78 is 0. The summed E-state index contributed by atoms with van der Waals surface area (Å²) in [4.78, 5) is 7.14. The molecule has 0 aliphatic carbocycles. The first-order valence-corrected chi connectivity index (χ1v) is 7.90. The summed E-state index contributed by atoms with van der Waals surface area (Å²) in [5, 5.41) is 6.89. The quantitative estimate of drug-likeness (QED) is 0.859. The molecule has 3 nitrogen and oxygen atoms in total. The Kier molecular flexibility index (Phi) is 5.15. The fraction of sp³-hybridized carbons (Fsp3) is 0.786. The molecule has 102 valence electrons. The molecular weight excluding hydrogens is 242 g/mol. The fourth-order valence-corrected chi connectivity index (χ4v) is 3.31. The zero-order chi connectivity index (χ0) is 13.0. The molecule has 1 aromatic heterocycles. The van der Waals surface area contributed by atoms with Crippen LogP contribution in [0, 0.1) is 12.8 Å². The molecule has 1 unspecified atom stereocenters. The van der Waals surface area contributed by atoms with E-state index in [1.165, 1.54) is 31.6 Å². The molecule has 1 aliphatic rings. The number of hydrogen-bond donors (Lipinski definition) is 1. The first-order chi connectivity index (χ1) is 8.66. The van der Waals surface area contributed by atoms with Crippen LogP contribution in [-0.2, 0) is 6.54 Å². The largest absolute Gasteiger partial charge is 0.310 e. The van der Waals surface area contributed by atoms with Gasteiger partial charge in [-0.25, -0.2) is 4.98 Å². The average Bonchev–Trinajstić information content (AvgIpc) is 2.95. The molecule has 0 spiro atoms. The molecule has 0 radical (unpaired) electrons. The van der Waals surface area contributed by atoms with Gasteiger partial charge < -0.3 is 5.32 Å². The zero-order valence-corrected chi connectivity index (χ0v) is 12.6. The van der Waals surface area contributed by atoms with E-state index in [2.05, 4.69) is 41.4 Å². The lowest BCUT2D eigenvalue weighted by molar-refractivity contribution is 0.186. The predicted molar refractivity (Wildman–Crippen MR) is 78.0 cm³/mol. The van der Waals surface area contributed by atoms with Gasteiger partial charge in [0.05, 0.1) is 10.7 Å². The Morgan fingerprint density at radius 2 is 2.11 bits per heavy atom. The third kappa shape index (κ3) is 3.77. The Balaban J connectivity index is 1.78. The molecule has 4 heteroatoms. The maximum Gasteiger partial charge on any atom is 0.0897 e. The van der Waals surface area contributed by atoms with Crippen LogP contribution < -0.4 is 5.32 Å². The summed E-state index contributed by atoms with van der Waals surface area (Å²) in [6.45, 7) is 11.3. The van der Waals surface area contributed by atoms with Crippen molar-refractivity contribution in [2.45, 2.75) is 46.2 Å². The second-order valence-corrected chi connectivity index (χ2v) is 6.61. The first-order valence-electron chi connectivity index (χ1n) is 7.02. The third-order valence-electron chi connectivity index (χ3n) is 3.71. The van der Waals surface area contributed by atoms with Gasteiger partial charge in [-0.1, -0.05) is 13.8 Å². The van der Waals surface area contributed by atoms with Crippen molar-refractivity contribution in [1.29, 1.82) is 0 Å². The lowest BCUT2D eigenvalue weighted by Gasteiger charge is -2.31. The van der Waals surface area contributed by atoms with Crippen LogP contribution in [0.4, 0.5) is 0 Å². The van der Waals surface area contributed by atoms with Crippen molar-refractivity contribution < 1.29 is 0 Å². The van der Waals surface area contributed by atoms with E-state index in [4.69, 9.17) is 0 Å². The Hall–Kier alpha value is -0.450. The number of likely N-dealkylation sites (tertiary alicyclic amines) is 1. The number of thiazole rings is 1. The van der Waals surface area contributed by atoms with Gasteiger partial charge in [0.25, 0.3) is 0 Å². The highest BCUT2D eigenvalue weighted by Gasteiger charge is 2.23. The van der Waals surface area contributed by atoms with Crippen LogP contribution in [0.5, 0.6) is 0 Å². The van der Waals surface area contributed by atoms with E-state index in [0.717, 1.165) is 18.1 Å². The summed E-state index contributed by atoms with van der Waals surface area (Å²) in [7, 11) is 0. The van der Waals surface area contributed by atoms with Gasteiger partial charge in [0.1, 0.15) is 0 Å². The van der Waals surface area contributed by atoms with Gasteiger partial charge in [-0.05, 0) is 38.8 Å². The van der Waals surface area contributed by atoms with Crippen LogP contribution in [0.15, 0.2) is 5.38 Å². The molecule has 18 heavy (non-hydrogen) atoms. The van der Waals surface area contributed by atoms with Gasteiger partial charge in [-0.15, -0.1) is 11.3 Å². The number of nitrogens with one attached hydrogen (secondary N) is 1. The molecule has 0 aromatic carbocycles. The van der Waals surface area contributed by atoms with Crippen molar-refractivity contribution in [2.24, 2.45) is 5.92 Å². The molecule has 1 aromatic rings. The van der Waals surface area contributed by atoms with Crippen molar-refractivity contribution in [1.82, 2.24) is 15.2 Å². The zero-order valence-electron chi connectivity index (χ0n) is 11.8. The first kappa shape index (κ1) is 14.0. The monoisotopic (exact) mass is 267 g/mol. The second-order valence-electron chi connectivity index (χ2n) is 5.54. The summed E-state index contributed by atoms with van der Waals surface area (Å²) >= 11 is 1.73. The van der Waals surface area contributed by atoms with Crippen molar-refractivity contribution in [2.75, 3.05) is 19.6 Å². The van der Waals surface area contributed by atoms with Gasteiger partial charge in [-0.2, -0.15) is 0 Å². The van der Waals surface area contributed by atoms with E-state index in [1.54, 1.807) is 11.3 Å².